The molecule has 0 aliphatic heterocycles. The third-order valence-corrected chi connectivity index (χ3v) is 3.12. The number of aromatic nitrogens is 1. The minimum Gasteiger partial charge on any atom is -0.493 e. The van der Waals surface area contributed by atoms with Crippen LogP contribution in [0.15, 0.2) is 36.5 Å². The van der Waals surface area contributed by atoms with Crippen molar-refractivity contribution in [3.8, 4) is 11.5 Å². The van der Waals surface area contributed by atoms with E-state index in [4.69, 9.17) is 16.3 Å². The number of nitrogens with zero attached hydrogens (tertiary/aromatic N) is 1. The van der Waals surface area contributed by atoms with Crippen molar-refractivity contribution < 1.29 is 18.3 Å². The highest BCUT2D eigenvalue weighted by molar-refractivity contribution is 6.29. The Balaban J connectivity index is 1.97. The van der Waals surface area contributed by atoms with Crippen LogP contribution in [0.5, 0.6) is 11.5 Å². The highest BCUT2D eigenvalue weighted by Crippen LogP contribution is 2.29. The Morgan fingerprint density at radius 1 is 1.23 bits per heavy atom. The van der Waals surface area contributed by atoms with Gasteiger partial charge in [-0.2, -0.15) is 8.78 Å². The minimum atomic E-state index is -2.89. The Labute approximate surface area is 132 Å². The average molecular weight is 329 g/mol. The summed E-state index contributed by atoms with van der Waals surface area (Å²) in [7, 11) is 1.40. The lowest BCUT2D eigenvalue weighted by atomic mass is 10.1. The van der Waals surface area contributed by atoms with E-state index in [1.54, 1.807) is 36.5 Å². The summed E-state index contributed by atoms with van der Waals surface area (Å²) in [4.78, 5) is 3.89. The van der Waals surface area contributed by atoms with Crippen LogP contribution in [0.4, 0.5) is 14.5 Å². The van der Waals surface area contributed by atoms with Crippen LogP contribution in [0.1, 0.15) is 5.56 Å². The zero-order valence-corrected chi connectivity index (χ0v) is 12.6. The first-order valence-electron chi connectivity index (χ1n) is 6.55. The zero-order valence-electron chi connectivity index (χ0n) is 11.9. The first-order chi connectivity index (χ1) is 10.6. The molecule has 1 heterocycles. The third-order valence-electron chi connectivity index (χ3n) is 2.91. The second-order valence-corrected chi connectivity index (χ2v) is 4.79. The first-order valence-corrected chi connectivity index (χ1v) is 6.93. The molecule has 1 N–H and O–H groups in total. The number of benzene rings is 1. The van der Waals surface area contributed by atoms with E-state index < -0.39 is 6.61 Å². The van der Waals surface area contributed by atoms with Crippen LogP contribution >= 0.6 is 11.6 Å². The number of anilines is 1. The van der Waals surface area contributed by atoms with E-state index in [0.29, 0.717) is 18.1 Å². The Hall–Kier alpha value is -2.08. The molecule has 2 aromatic rings. The van der Waals surface area contributed by atoms with Gasteiger partial charge < -0.3 is 14.8 Å². The smallest absolute Gasteiger partial charge is 0.387 e. The molecule has 0 radical (unpaired) electrons. The molecule has 7 heteroatoms. The second kappa shape index (κ2) is 7.79. The van der Waals surface area contributed by atoms with Gasteiger partial charge in [0.1, 0.15) is 5.15 Å². The van der Waals surface area contributed by atoms with E-state index >= 15 is 0 Å². The maximum atomic E-state index is 12.4. The van der Waals surface area contributed by atoms with Gasteiger partial charge in [-0.25, -0.2) is 4.98 Å². The second-order valence-electron chi connectivity index (χ2n) is 4.41. The average Bonchev–Trinajstić information content (AvgIpc) is 2.47. The van der Waals surface area contributed by atoms with Crippen LogP contribution < -0.4 is 14.8 Å². The highest BCUT2D eigenvalue weighted by Gasteiger charge is 2.11. The first kappa shape index (κ1) is 16.3. The summed E-state index contributed by atoms with van der Waals surface area (Å²) < 4.78 is 34.2. The van der Waals surface area contributed by atoms with E-state index in [9.17, 15) is 8.78 Å². The predicted octanol–water partition coefficient (Wildman–Crippen LogP) is 4.00. The minimum absolute atomic E-state index is 0.0296. The van der Waals surface area contributed by atoms with Crippen molar-refractivity contribution in [1.82, 2.24) is 4.98 Å². The number of ether oxygens (including phenoxy) is 2. The van der Waals surface area contributed by atoms with E-state index in [2.05, 4.69) is 15.0 Å². The third kappa shape index (κ3) is 4.73. The Morgan fingerprint density at radius 3 is 2.73 bits per heavy atom. The molecule has 1 aromatic heterocycles. The normalized spacial score (nSPS) is 10.6. The summed E-state index contributed by atoms with van der Waals surface area (Å²) >= 11 is 5.79. The molecule has 22 heavy (non-hydrogen) atoms. The molecule has 0 amide bonds. The SMILES string of the molecule is COc1ccc(CCNc2ccnc(Cl)c2)cc1OC(F)F. The fraction of sp³-hybridized carbons (Fsp3) is 0.267. The molecule has 4 nitrogen and oxygen atoms in total. The number of pyridine rings is 1. The Morgan fingerprint density at radius 2 is 2.05 bits per heavy atom. The molecule has 0 saturated carbocycles. The van der Waals surface area contributed by atoms with Gasteiger partial charge in [-0.3, -0.25) is 0 Å². The molecular weight excluding hydrogens is 314 g/mol. The molecule has 2 rings (SSSR count). The van der Waals surface area contributed by atoms with E-state index in [1.807, 2.05) is 0 Å². The summed E-state index contributed by atoms with van der Waals surface area (Å²) in [6.07, 6.45) is 2.23. The number of rotatable bonds is 7. The van der Waals surface area contributed by atoms with Gasteiger partial charge in [0.2, 0.25) is 0 Å². The van der Waals surface area contributed by atoms with Gasteiger partial charge in [0, 0.05) is 18.4 Å². The molecule has 0 unspecified atom stereocenters. The lowest BCUT2D eigenvalue weighted by Gasteiger charge is -2.12. The summed E-state index contributed by atoms with van der Waals surface area (Å²) in [6, 6.07) is 8.47. The van der Waals surface area contributed by atoms with Gasteiger partial charge in [-0.1, -0.05) is 17.7 Å². The maximum absolute atomic E-state index is 12.4. The van der Waals surface area contributed by atoms with E-state index in [-0.39, 0.29) is 11.5 Å². The molecule has 0 spiro atoms. The molecule has 0 bridgehead atoms. The van der Waals surface area contributed by atoms with Crippen LogP contribution in [0.3, 0.4) is 0 Å². The number of halogens is 3. The predicted molar refractivity (Wildman–Crippen MR) is 81.1 cm³/mol. The van der Waals surface area contributed by atoms with Crippen molar-refractivity contribution in [3.05, 3.63) is 47.2 Å². The molecular formula is C15H15ClF2N2O2. The zero-order chi connectivity index (χ0) is 15.9. The number of alkyl halides is 2. The lowest BCUT2D eigenvalue weighted by molar-refractivity contribution is -0.0512. The summed E-state index contributed by atoms with van der Waals surface area (Å²) in [5, 5.41) is 3.58. The van der Waals surface area contributed by atoms with Crippen LogP contribution in [-0.2, 0) is 6.42 Å². The highest BCUT2D eigenvalue weighted by atomic mass is 35.5. The van der Waals surface area contributed by atoms with Crippen molar-refractivity contribution in [1.29, 1.82) is 0 Å². The van der Waals surface area contributed by atoms with Crippen LogP contribution in [-0.4, -0.2) is 25.3 Å². The molecule has 1 aromatic carbocycles. The Bertz CT molecular complexity index is 626. The standard InChI is InChI=1S/C15H15ClF2N2O2/c1-21-12-3-2-10(8-13(12)22-15(17)18)4-6-19-11-5-7-20-14(16)9-11/h2-3,5,7-9,15H,4,6H2,1H3,(H,19,20). The fourth-order valence-electron chi connectivity index (χ4n) is 1.93. The number of nitrogens with one attached hydrogen (secondary N) is 1. The van der Waals surface area contributed by atoms with Gasteiger partial charge >= 0.3 is 6.61 Å². The van der Waals surface area contributed by atoms with Crippen LogP contribution in [0.2, 0.25) is 5.15 Å². The van der Waals surface area contributed by atoms with Crippen molar-refractivity contribution in [3.63, 3.8) is 0 Å². The van der Waals surface area contributed by atoms with E-state index in [1.165, 1.54) is 7.11 Å². The van der Waals surface area contributed by atoms with Crippen molar-refractivity contribution in [2.24, 2.45) is 0 Å². The monoisotopic (exact) mass is 328 g/mol. The molecule has 0 fully saturated rings. The molecule has 118 valence electrons. The lowest BCUT2D eigenvalue weighted by Crippen LogP contribution is -2.07. The number of methoxy groups -OCH3 is 1. The molecule has 0 atom stereocenters. The van der Waals surface area contributed by atoms with Gasteiger partial charge in [0.25, 0.3) is 0 Å². The maximum Gasteiger partial charge on any atom is 0.387 e. The molecule has 0 saturated heterocycles. The van der Waals surface area contributed by atoms with Crippen LogP contribution in [0, 0.1) is 0 Å². The molecule has 0 aliphatic rings. The van der Waals surface area contributed by atoms with Crippen molar-refractivity contribution >= 4 is 17.3 Å². The van der Waals surface area contributed by atoms with Gasteiger partial charge in [0.15, 0.2) is 11.5 Å². The summed E-state index contributed by atoms with van der Waals surface area (Å²) in [6.45, 7) is -2.28. The quantitative estimate of drug-likeness (QED) is 0.780. The van der Waals surface area contributed by atoms with E-state index in [0.717, 1.165) is 11.3 Å². The van der Waals surface area contributed by atoms with Gasteiger partial charge in [-0.05, 0) is 36.2 Å². The number of hydrogen-bond donors (Lipinski definition) is 1. The topological polar surface area (TPSA) is 43.4 Å². The summed E-state index contributed by atoms with van der Waals surface area (Å²) in [5.41, 5.74) is 1.70. The van der Waals surface area contributed by atoms with Crippen LogP contribution in [0.25, 0.3) is 0 Å². The molecule has 0 aliphatic carbocycles. The van der Waals surface area contributed by atoms with Gasteiger partial charge in [0.05, 0.1) is 7.11 Å². The van der Waals surface area contributed by atoms with Crippen molar-refractivity contribution in [2.45, 2.75) is 13.0 Å². The van der Waals surface area contributed by atoms with Crippen molar-refractivity contribution in [2.75, 3.05) is 19.0 Å². The van der Waals surface area contributed by atoms with Gasteiger partial charge in [-0.15, -0.1) is 0 Å². The number of hydrogen-bond acceptors (Lipinski definition) is 4. The largest absolute Gasteiger partial charge is 0.493 e. The fourth-order valence-corrected chi connectivity index (χ4v) is 2.10. The Kier molecular flexibility index (Phi) is 5.77. The summed E-state index contributed by atoms with van der Waals surface area (Å²) in [5.74, 6) is 0.305.